The Labute approximate surface area is 100 Å². The number of nitrogens with two attached hydrogens (primary N) is 1. The topological polar surface area (TPSA) is 101 Å². The van der Waals surface area contributed by atoms with E-state index in [0.717, 1.165) is 6.07 Å². The summed E-state index contributed by atoms with van der Waals surface area (Å²) in [5.74, 6) is -3.26. The smallest absolute Gasteiger partial charge is 0.350 e. The monoisotopic (exact) mass is 263 g/mol. The Hall–Kier alpha value is -1.30. The van der Waals surface area contributed by atoms with E-state index in [9.17, 15) is 14.7 Å². The zero-order valence-electron chi connectivity index (χ0n) is 7.78. The average Bonchev–Trinajstić information content (AvgIpc) is 2.19. The van der Waals surface area contributed by atoms with Gasteiger partial charge in [-0.25, -0.2) is 4.79 Å². The first-order valence-electron chi connectivity index (χ1n) is 4.01. The molecule has 16 heavy (non-hydrogen) atoms. The van der Waals surface area contributed by atoms with Crippen LogP contribution in [0.3, 0.4) is 0 Å². The molecule has 0 radical (unpaired) electrons. The maximum absolute atomic E-state index is 11.0. The van der Waals surface area contributed by atoms with Crippen LogP contribution in [0.2, 0.25) is 10.0 Å². The van der Waals surface area contributed by atoms with Gasteiger partial charge in [-0.05, 0) is 18.2 Å². The Kier molecular flexibility index (Phi) is 3.42. The van der Waals surface area contributed by atoms with Crippen molar-refractivity contribution in [1.29, 1.82) is 0 Å². The molecule has 1 atom stereocenters. The number of halogens is 2. The summed E-state index contributed by atoms with van der Waals surface area (Å²) in [5, 5.41) is 18.6. The van der Waals surface area contributed by atoms with E-state index in [1.165, 1.54) is 12.1 Å². The molecule has 1 aromatic carbocycles. The second-order valence-electron chi connectivity index (χ2n) is 3.00. The number of aliphatic hydroxyl groups is 1. The highest BCUT2D eigenvalue weighted by molar-refractivity contribution is 6.34. The summed E-state index contributed by atoms with van der Waals surface area (Å²) in [6.07, 6.45) is 0. The van der Waals surface area contributed by atoms with Gasteiger partial charge in [0.25, 0.3) is 11.5 Å². The maximum Gasteiger partial charge on any atom is 0.350 e. The lowest BCUT2D eigenvalue weighted by Crippen LogP contribution is -2.48. The molecule has 0 saturated heterocycles. The third-order valence-corrected chi connectivity index (χ3v) is 2.55. The Morgan fingerprint density at radius 3 is 2.31 bits per heavy atom. The van der Waals surface area contributed by atoms with Crippen molar-refractivity contribution in [3.8, 4) is 0 Å². The molecule has 86 valence electrons. The molecule has 1 rings (SSSR count). The summed E-state index contributed by atoms with van der Waals surface area (Å²) >= 11 is 11.3. The number of amides is 1. The predicted molar refractivity (Wildman–Crippen MR) is 57.2 cm³/mol. The second-order valence-corrected chi connectivity index (χ2v) is 3.85. The summed E-state index contributed by atoms with van der Waals surface area (Å²) in [5.41, 5.74) is 1.60. The minimum atomic E-state index is -2.89. The van der Waals surface area contributed by atoms with E-state index < -0.39 is 17.5 Å². The molecule has 4 N–H and O–H groups in total. The predicted octanol–water partition coefficient (Wildman–Crippen LogP) is 0.751. The summed E-state index contributed by atoms with van der Waals surface area (Å²) < 4.78 is 0. The highest BCUT2D eigenvalue weighted by Crippen LogP contribution is 2.30. The SMILES string of the molecule is NC(=O)C(O)(C(=O)O)c1cc(Cl)ccc1Cl. The van der Waals surface area contributed by atoms with Crippen molar-refractivity contribution in [1.82, 2.24) is 0 Å². The fraction of sp³-hybridized carbons (Fsp3) is 0.111. The third kappa shape index (κ3) is 1.97. The van der Waals surface area contributed by atoms with E-state index in [-0.39, 0.29) is 15.6 Å². The first-order chi connectivity index (χ1) is 7.30. The summed E-state index contributed by atoms with van der Waals surface area (Å²) in [4.78, 5) is 21.9. The minimum absolute atomic E-state index is 0.117. The van der Waals surface area contributed by atoms with Crippen LogP contribution in [-0.2, 0) is 15.2 Å². The van der Waals surface area contributed by atoms with Gasteiger partial charge < -0.3 is 15.9 Å². The lowest BCUT2D eigenvalue weighted by atomic mass is 9.93. The van der Waals surface area contributed by atoms with Crippen LogP contribution in [0, 0.1) is 0 Å². The normalized spacial score (nSPS) is 14.2. The average molecular weight is 264 g/mol. The molecule has 0 heterocycles. The van der Waals surface area contributed by atoms with E-state index >= 15 is 0 Å². The van der Waals surface area contributed by atoms with E-state index in [1.807, 2.05) is 0 Å². The molecule has 0 aliphatic carbocycles. The number of aliphatic carboxylic acids is 1. The Bertz CT molecular complexity index is 447. The molecule has 1 unspecified atom stereocenters. The fourth-order valence-corrected chi connectivity index (χ4v) is 1.55. The number of benzene rings is 1. The van der Waals surface area contributed by atoms with Gasteiger partial charge in [0, 0.05) is 15.6 Å². The van der Waals surface area contributed by atoms with E-state index in [4.69, 9.17) is 34.0 Å². The molecule has 1 amide bonds. The quantitative estimate of drug-likeness (QED) is 0.701. The van der Waals surface area contributed by atoms with Crippen LogP contribution < -0.4 is 5.73 Å². The van der Waals surface area contributed by atoms with Gasteiger partial charge in [-0.15, -0.1) is 0 Å². The van der Waals surface area contributed by atoms with Crippen LogP contribution >= 0.6 is 23.2 Å². The van der Waals surface area contributed by atoms with E-state index in [0.29, 0.717) is 0 Å². The number of carbonyl (C=O) groups excluding carboxylic acids is 1. The Morgan fingerprint density at radius 2 is 1.88 bits per heavy atom. The lowest BCUT2D eigenvalue weighted by molar-refractivity contribution is -0.166. The lowest BCUT2D eigenvalue weighted by Gasteiger charge is -2.21. The van der Waals surface area contributed by atoms with Crippen molar-refractivity contribution in [3.63, 3.8) is 0 Å². The number of carboxylic acids is 1. The summed E-state index contributed by atoms with van der Waals surface area (Å²) in [7, 11) is 0. The van der Waals surface area contributed by atoms with Crippen molar-refractivity contribution in [2.24, 2.45) is 5.73 Å². The minimum Gasteiger partial charge on any atom is -0.478 e. The number of primary amides is 1. The summed E-state index contributed by atoms with van der Waals surface area (Å²) in [6.45, 7) is 0. The molecule has 7 heteroatoms. The van der Waals surface area contributed by atoms with Crippen molar-refractivity contribution in [3.05, 3.63) is 33.8 Å². The molecule has 5 nitrogen and oxygen atoms in total. The summed E-state index contributed by atoms with van der Waals surface area (Å²) in [6, 6.07) is 3.72. The van der Waals surface area contributed by atoms with Gasteiger partial charge in [0.2, 0.25) is 0 Å². The van der Waals surface area contributed by atoms with Crippen LogP contribution in [-0.4, -0.2) is 22.1 Å². The standard InChI is InChI=1S/C9H7Cl2NO4/c10-4-1-2-6(11)5(3-4)9(16,7(12)13)8(14)15/h1-3,16H,(H2,12,13)(H,14,15). The van der Waals surface area contributed by atoms with Gasteiger partial charge in [0.05, 0.1) is 0 Å². The maximum atomic E-state index is 11.0. The van der Waals surface area contributed by atoms with Gasteiger partial charge >= 0.3 is 5.97 Å². The third-order valence-electron chi connectivity index (χ3n) is 1.98. The zero-order chi connectivity index (χ0) is 12.5. The van der Waals surface area contributed by atoms with Gasteiger partial charge in [0.1, 0.15) is 0 Å². The Morgan fingerprint density at radius 1 is 1.31 bits per heavy atom. The first kappa shape index (κ1) is 12.8. The van der Waals surface area contributed by atoms with Gasteiger partial charge in [-0.1, -0.05) is 23.2 Å². The zero-order valence-corrected chi connectivity index (χ0v) is 9.29. The van der Waals surface area contributed by atoms with Crippen molar-refractivity contribution >= 4 is 35.1 Å². The largest absolute Gasteiger partial charge is 0.478 e. The highest BCUT2D eigenvalue weighted by atomic mass is 35.5. The number of rotatable bonds is 3. The fourth-order valence-electron chi connectivity index (χ4n) is 1.13. The molecular formula is C9H7Cl2NO4. The van der Waals surface area contributed by atoms with Crippen molar-refractivity contribution < 1.29 is 19.8 Å². The van der Waals surface area contributed by atoms with Crippen molar-refractivity contribution in [2.45, 2.75) is 5.60 Å². The van der Waals surface area contributed by atoms with E-state index in [2.05, 4.69) is 0 Å². The number of hydrogen-bond acceptors (Lipinski definition) is 3. The van der Waals surface area contributed by atoms with Crippen LogP contribution in [0.15, 0.2) is 18.2 Å². The molecule has 0 aromatic heterocycles. The van der Waals surface area contributed by atoms with Crippen LogP contribution in [0.5, 0.6) is 0 Å². The van der Waals surface area contributed by atoms with E-state index in [1.54, 1.807) is 0 Å². The molecule has 0 fully saturated rings. The van der Waals surface area contributed by atoms with Crippen LogP contribution in [0.25, 0.3) is 0 Å². The molecule has 1 aromatic rings. The van der Waals surface area contributed by atoms with Crippen molar-refractivity contribution in [2.75, 3.05) is 0 Å². The number of carboxylic acid groups (broad SMARTS) is 1. The molecule has 0 aliphatic heterocycles. The van der Waals surface area contributed by atoms with Gasteiger partial charge in [-0.3, -0.25) is 4.79 Å². The second kappa shape index (κ2) is 4.29. The Balaban J connectivity index is 3.49. The van der Waals surface area contributed by atoms with Crippen LogP contribution in [0.1, 0.15) is 5.56 Å². The van der Waals surface area contributed by atoms with Gasteiger partial charge in [0.15, 0.2) is 0 Å². The molecule has 0 spiro atoms. The molecule has 0 aliphatic rings. The molecule has 0 saturated carbocycles. The molecular weight excluding hydrogens is 257 g/mol. The van der Waals surface area contributed by atoms with Crippen LogP contribution in [0.4, 0.5) is 0 Å². The molecule has 0 bridgehead atoms. The first-order valence-corrected chi connectivity index (χ1v) is 4.77. The van der Waals surface area contributed by atoms with Gasteiger partial charge in [-0.2, -0.15) is 0 Å². The highest BCUT2D eigenvalue weighted by Gasteiger charge is 2.46. The number of carbonyl (C=O) groups is 2. The number of hydrogen-bond donors (Lipinski definition) is 3.